The van der Waals surface area contributed by atoms with Crippen LogP contribution in [0.25, 0.3) is 0 Å². The minimum absolute atomic E-state index is 0. The number of aliphatic hydroxyl groups is 1. The van der Waals surface area contributed by atoms with Crippen LogP contribution < -0.4 is 0 Å². The van der Waals surface area contributed by atoms with Gasteiger partial charge in [0.15, 0.2) is 0 Å². The number of rotatable bonds is 4. The summed E-state index contributed by atoms with van der Waals surface area (Å²) < 4.78 is 0. The lowest BCUT2D eigenvalue weighted by atomic mass is 10.4. The number of hydrogen-bond donors (Lipinski definition) is 1. The molecule has 62 valence electrons. The van der Waals surface area contributed by atoms with E-state index in [0.717, 1.165) is 13.0 Å². The zero-order valence-corrected chi connectivity index (χ0v) is 7.40. The van der Waals surface area contributed by atoms with Gasteiger partial charge >= 0.3 is 0 Å². The van der Waals surface area contributed by atoms with Crippen molar-refractivity contribution in [3.05, 3.63) is 12.7 Å². The van der Waals surface area contributed by atoms with Crippen molar-refractivity contribution in [2.75, 3.05) is 13.6 Å². The van der Waals surface area contributed by atoms with Crippen LogP contribution in [-0.2, 0) is 0 Å². The number of hydrogen-bond acceptors (Lipinski definition) is 2. The molecule has 0 heterocycles. The Bertz CT molecular complexity index is 87.7. The fourth-order valence-corrected chi connectivity index (χ4v) is 0.637. The van der Waals surface area contributed by atoms with Crippen molar-refractivity contribution >= 4 is 12.4 Å². The molecule has 1 atom stereocenters. The Morgan fingerprint density at radius 3 is 2.50 bits per heavy atom. The number of halogens is 1. The third kappa shape index (κ3) is 4.79. The summed E-state index contributed by atoms with van der Waals surface area (Å²) in [5, 5.41) is 9.14. The summed E-state index contributed by atoms with van der Waals surface area (Å²) in [6.07, 6.45) is 2.23. The Kier molecular flexibility index (Phi) is 8.91. The Morgan fingerprint density at radius 1 is 1.70 bits per heavy atom. The molecule has 10 heavy (non-hydrogen) atoms. The molecule has 0 rings (SSSR count). The van der Waals surface area contributed by atoms with Crippen molar-refractivity contribution in [3.63, 3.8) is 0 Å². The highest BCUT2D eigenvalue weighted by Crippen LogP contribution is 1.95. The number of aliphatic hydroxyl groups excluding tert-OH is 1. The highest BCUT2D eigenvalue weighted by molar-refractivity contribution is 5.85. The van der Waals surface area contributed by atoms with Crippen LogP contribution in [0.15, 0.2) is 12.7 Å². The van der Waals surface area contributed by atoms with Crippen molar-refractivity contribution in [2.45, 2.75) is 19.6 Å². The predicted molar refractivity (Wildman–Crippen MR) is 46.4 cm³/mol. The maximum atomic E-state index is 9.14. The molecule has 0 aromatic heterocycles. The van der Waals surface area contributed by atoms with E-state index < -0.39 is 0 Å². The second-order valence-corrected chi connectivity index (χ2v) is 2.12. The fraction of sp³-hybridized carbons (Fsp3) is 0.714. The molecule has 0 bridgehead atoms. The summed E-state index contributed by atoms with van der Waals surface area (Å²) in [4.78, 5) is 1.84. The van der Waals surface area contributed by atoms with Gasteiger partial charge in [-0.05, 0) is 13.5 Å². The molecule has 1 N–H and O–H groups in total. The second kappa shape index (κ2) is 7.06. The summed E-state index contributed by atoms with van der Waals surface area (Å²) in [5.74, 6) is 0. The molecule has 0 spiro atoms. The van der Waals surface area contributed by atoms with Crippen LogP contribution in [0.2, 0.25) is 0 Å². The van der Waals surface area contributed by atoms with Gasteiger partial charge in [0.1, 0.15) is 6.23 Å². The summed E-state index contributed by atoms with van der Waals surface area (Å²) in [5.41, 5.74) is 0. The van der Waals surface area contributed by atoms with E-state index in [-0.39, 0.29) is 18.6 Å². The van der Waals surface area contributed by atoms with Crippen LogP contribution in [0, 0.1) is 0 Å². The molecular weight excluding hydrogens is 150 g/mol. The Morgan fingerprint density at radius 2 is 2.20 bits per heavy atom. The van der Waals surface area contributed by atoms with E-state index in [1.165, 1.54) is 0 Å². The largest absolute Gasteiger partial charge is 0.378 e. The van der Waals surface area contributed by atoms with Crippen molar-refractivity contribution in [3.8, 4) is 0 Å². The van der Waals surface area contributed by atoms with Crippen LogP contribution in [0.1, 0.15) is 13.3 Å². The van der Waals surface area contributed by atoms with Gasteiger partial charge in [0.25, 0.3) is 0 Å². The lowest BCUT2D eigenvalue weighted by Crippen LogP contribution is -2.30. The van der Waals surface area contributed by atoms with Crippen LogP contribution in [0.4, 0.5) is 0 Å². The van der Waals surface area contributed by atoms with Gasteiger partial charge < -0.3 is 5.11 Å². The molecule has 0 amide bonds. The van der Waals surface area contributed by atoms with Gasteiger partial charge in [-0.15, -0.1) is 19.0 Å². The topological polar surface area (TPSA) is 23.5 Å². The third-order valence-corrected chi connectivity index (χ3v) is 1.29. The maximum Gasteiger partial charge on any atom is 0.107 e. The molecule has 2 nitrogen and oxygen atoms in total. The smallest absolute Gasteiger partial charge is 0.107 e. The summed E-state index contributed by atoms with van der Waals surface area (Å²) in [7, 11) is 1.87. The van der Waals surface area contributed by atoms with Crippen molar-refractivity contribution in [2.24, 2.45) is 0 Å². The molecule has 0 saturated carbocycles. The van der Waals surface area contributed by atoms with Crippen LogP contribution in [0.3, 0.4) is 0 Å². The summed E-state index contributed by atoms with van der Waals surface area (Å²) >= 11 is 0. The normalized spacial score (nSPS) is 12.4. The molecule has 0 aromatic rings. The quantitative estimate of drug-likeness (QED) is 0.501. The number of likely N-dealkylation sites (N-methyl/N-ethyl adjacent to an activating group) is 1. The average Bonchev–Trinajstić information content (AvgIpc) is 1.87. The monoisotopic (exact) mass is 165 g/mol. The molecule has 1 unspecified atom stereocenters. The van der Waals surface area contributed by atoms with E-state index in [0.29, 0.717) is 0 Å². The zero-order chi connectivity index (χ0) is 7.28. The molecule has 0 radical (unpaired) electrons. The Labute approximate surface area is 68.9 Å². The van der Waals surface area contributed by atoms with E-state index in [1.54, 1.807) is 6.08 Å². The lowest BCUT2D eigenvalue weighted by Gasteiger charge is -2.19. The molecular formula is C7H16ClNO. The summed E-state index contributed by atoms with van der Waals surface area (Å²) in [6.45, 7) is 6.26. The first-order valence-electron chi connectivity index (χ1n) is 3.21. The van der Waals surface area contributed by atoms with Crippen LogP contribution in [-0.4, -0.2) is 29.8 Å². The van der Waals surface area contributed by atoms with Gasteiger partial charge in [-0.25, -0.2) is 0 Å². The van der Waals surface area contributed by atoms with E-state index in [1.807, 2.05) is 18.9 Å². The van der Waals surface area contributed by atoms with E-state index in [4.69, 9.17) is 5.11 Å². The van der Waals surface area contributed by atoms with Crippen molar-refractivity contribution in [1.29, 1.82) is 0 Å². The molecule has 0 fully saturated rings. The molecule has 0 saturated heterocycles. The van der Waals surface area contributed by atoms with Crippen LogP contribution in [0.5, 0.6) is 0 Å². The van der Waals surface area contributed by atoms with Crippen LogP contribution >= 0.6 is 12.4 Å². The number of nitrogens with zero attached hydrogens (tertiary/aromatic N) is 1. The molecule has 0 aliphatic heterocycles. The predicted octanol–water partition coefficient (Wildman–Crippen LogP) is 1.25. The first kappa shape index (κ1) is 12.6. The second-order valence-electron chi connectivity index (χ2n) is 2.12. The minimum atomic E-state index is -0.317. The van der Waals surface area contributed by atoms with E-state index in [9.17, 15) is 0 Å². The first-order valence-corrected chi connectivity index (χ1v) is 3.21. The van der Waals surface area contributed by atoms with E-state index >= 15 is 0 Å². The minimum Gasteiger partial charge on any atom is -0.378 e. The maximum absolute atomic E-state index is 9.14. The molecule has 0 aromatic carbocycles. The highest BCUT2D eigenvalue weighted by Gasteiger charge is 2.04. The molecule has 3 heteroatoms. The summed E-state index contributed by atoms with van der Waals surface area (Å²) in [6, 6.07) is 0. The van der Waals surface area contributed by atoms with Crippen molar-refractivity contribution < 1.29 is 5.11 Å². The highest BCUT2D eigenvalue weighted by atomic mass is 35.5. The molecule has 0 aliphatic carbocycles. The molecule has 0 aliphatic rings. The van der Waals surface area contributed by atoms with E-state index in [2.05, 4.69) is 6.58 Å². The van der Waals surface area contributed by atoms with Gasteiger partial charge in [-0.3, -0.25) is 4.90 Å². The van der Waals surface area contributed by atoms with Gasteiger partial charge in [0.05, 0.1) is 0 Å². The van der Waals surface area contributed by atoms with Crippen molar-refractivity contribution in [1.82, 2.24) is 4.90 Å². The standard InChI is InChI=1S/C7H15NO.ClH/c1-4-6-8(3)7(9)5-2;/h4,7,9H,1,5-6H2,2-3H3;1H. The fourth-order valence-electron chi connectivity index (χ4n) is 0.637. The van der Waals surface area contributed by atoms with Gasteiger partial charge in [-0.2, -0.15) is 0 Å². The third-order valence-electron chi connectivity index (χ3n) is 1.29. The zero-order valence-electron chi connectivity index (χ0n) is 6.58. The van der Waals surface area contributed by atoms with Gasteiger partial charge in [0.2, 0.25) is 0 Å². The van der Waals surface area contributed by atoms with Gasteiger partial charge in [0, 0.05) is 6.54 Å². The Hall–Kier alpha value is -0.0500. The average molecular weight is 166 g/mol. The lowest BCUT2D eigenvalue weighted by molar-refractivity contribution is 0.0275. The first-order chi connectivity index (χ1) is 4.22. The Balaban J connectivity index is 0. The van der Waals surface area contributed by atoms with Gasteiger partial charge in [-0.1, -0.05) is 13.0 Å². The SMILES string of the molecule is C=CCN(C)C(O)CC.Cl.